The summed E-state index contributed by atoms with van der Waals surface area (Å²) in [7, 11) is 0. The maximum Gasteiger partial charge on any atom is 0.387 e. The molecule has 0 aliphatic heterocycles. The molecule has 20 heavy (non-hydrogen) atoms. The second kappa shape index (κ2) is 6.67. The van der Waals surface area contributed by atoms with Crippen LogP contribution in [0.4, 0.5) is 8.78 Å². The largest absolute Gasteiger partial charge is 0.434 e. The van der Waals surface area contributed by atoms with Crippen LogP contribution < -0.4 is 10.1 Å². The predicted octanol–water partition coefficient (Wildman–Crippen LogP) is 3.52. The number of benzene rings is 1. The van der Waals surface area contributed by atoms with Crippen molar-refractivity contribution in [2.75, 3.05) is 0 Å². The number of rotatable bonds is 6. The summed E-state index contributed by atoms with van der Waals surface area (Å²) in [4.78, 5) is 7.10. The van der Waals surface area contributed by atoms with E-state index in [1.807, 2.05) is 6.92 Å². The standard InChI is InChI=1S/C13H14ClF2N3O/c1-8(12-17-4-5-18-12)19-7-9-6-10(14)2-3-11(9)20-13(15)16/h2-6,8,13,19H,7H2,1H3,(H,17,18). The molecule has 7 heteroatoms. The van der Waals surface area contributed by atoms with E-state index in [0.29, 0.717) is 17.1 Å². The molecule has 0 amide bonds. The number of alkyl halides is 2. The van der Waals surface area contributed by atoms with E-state index >= 15 is 0 Å². The van der Waals surface area contributed by atoms with Crippen molar-refractivity contribution in [2.24, 2.45) is 0 Å². The minimum absolute atomic E-state index is 0.0524. The van der Waals surface area contributed by atoms with Crippen LogP contribution in [-0.2, 0) is 6.54 Å². The van der Waals surface area contributed by atoms with Gasteiger partial charge >= 0.3 is 6.61 Å². The van der Waals surface area contributed by atoms with E-state index in [4.69, 9.17) is 11.6 Å². The highest BCUT2D eigenvalue weighted by Crippen LogP contribution is 2.25. The lowest BCUT2D eigenvalue weighted by Gasteiger charge is -2.15. The zero-order valence-electron chi connectivity index (χ0n) is 10.7. The van der Waals surface area contributed by atoms with Gasteiger partial charge in [-0.25, -0.2) is 4.98 Å². The molecule has 2 aromatic rings. The number of H-pyrrole nitrogens is 1. The minimum atomic E-state index is -2.86. The molecule has 1 unspecified atom stereocenters. The lowest BCUT2D eigenvalue weighted by molar-refractivity contribution is -0.0505. The van der Waals surface area contributed by atoms with Crippen LogP contribution in [0.3, 0.4) is 0 Å². The zero-order chi connectivity index (χ0) is 14.5. The molecule has 108 valence electrons. The first kappa shape index (κ1) is 14.7. The summed E-state index contributed by atoms with van der Waals surface area (Å²) in [5, 5.41) is 3.63. The van der Waals surface area contributed by atoms with Gasteiger partial charge in [-0.15, -0.1) is 0 Å². The summed E-state index contributed by atoms with van der Waals surface area (Å²) in [6.45, 7) is -0.612. The molecule has 0 aliphatic carbocycles. The van der Waals surface area contributed by atoms with Crippen LogP contribution in [-0.4, -0.2) is 16.6 Å². The van der Waals surface area contributed by atoms with Gasteiger partial charge in [0.1, 0.15) is 11.6 Å². The molecule has 0 saturated carbocycles. The van der Waals surface area contributed by atoms with Gasteiger partial charge in [-0.1, -0.05) is 11.6 Å². The van der Waals surface area contributed by atoms with Crippen molar-refractivity contribution in [3.63, 3.8) is 0 Å². The van der Waals surface area contributed by atoms with Crippen molar-refractivity contribution in [1.29, 1.82) is 0 Å². The number of nitrogens with zero attached hydrogens (tertiary/aromatic N) is 1. The van der Waals surface area contributed by atoms with Crippen molar-refractivity contribution in [2.45, 2.75) is 26.1 Å². The smallest absolute Gasteiger partial charge is 0.387 e. The van der Waals surface area contributed by atoms with Gasteiger partial charge in [-0.05, 0) is 25.1 Å². The summed E-state index contributed by atoms with van der Waals surface area (Å²) < 4.78 is 29.1. The highest BCUT2D eigenvalue weighted by Gasteiger charge is 2.12. The number of aromatic nitrogens is 2. The molecule has 0 fully saturated rings. The number of nitrogens with one attached hydrogen (secondary N) is 2. The number of imidazole rings is 1. The molecule has 0 spiro atoms. The number of halogens is 3. The fraction of sp³-hybridized carbons (Fsp3) is 0.308. The van der Waals surface area contributed by atoms with Gasteiger partial charge < -0.3 is 15.0 Å². The molecule has 0 radical (unpaired) electrons. The van der Waals surface area contributed by atoms with E-state index < -0.39 is 6.61 Å². The average molecular weight is 302 g/mol. The summed E-state index contributed by atoms with van der Waals surface area (Å²) in [6, 6.07) is 4.49. The van der Waals surface area contributed by atoms with Crippen LogP contribution in [0, 0.1) is 0 Å². The third-order valence-corrected chi connectivity index (χ3v) is 3.00. The second-order valence-corrected chi connectivity index (χ2v) is 4.64. The molecule has 4 nitrogen and oxygen atoms in total. The van der Waals surface area contributed by atoms with Crippen LogP contribution in [0.15, 0.2) is 30.6 Å². The molecule has 1 heterocycles. The molecule has 0 aliphatic rings. The predicted molar refractivity (Wildman–Crippen MR) is 71.9 cm³/mol. The maximum atomic E-state index is 12.3. The Morgan fingerprint density at radius 3 is 2.90 bits per heavy atom. The summed E-state index contributed by atoms with van der Waals surface area (Å²) >= 11 is 5.88. The molecule has 1 atom stereocenters. The van der Waals surface area contributed by atoms with Gasteiger partial charge in [0, 0.05) is 29.5 Å². The molecule has 0 bridgehead atoms. The monoisotopic (exact) mass is 301 g/mol. The fourth-order valence-electron chi connectivity index (χ4n) is 1.77. The van der Waals surface area contributed by atoms with Gasteiger partial charge in [0.15, 0.2) is 0 Å². The minimum Gasteiger partial charge on any atom is -0.434 e. The number of hydrogen-bond acceptors (Lipinski definition) is 3. The Kier molecular flexibility index (Phi) is 4.92. The maximum absolute atomic E-state index is 12.3. The summed E-state index contributed by atoms with van der Waals surface area (Å²) in [5.41, 5.74) is 0.566. The third kappa shape index (κ3) is 3.91. The van der Waals surface area contributed by atoms with Crippen molar-refractivity contribution < 1.29 is 13.5 Å². The first-order valence-corrected chi connectivity index (χ1v) is 6.40. The number of aromatic amines is 1. The van der Waals surface area contributed by atoms with E-state index in [-0.39, 0.29) is 11.8 Å². The molecular formula is C13H14ClF2N3O. The second-order valence-electron chi connectivity index (χ2n) is 4.21. The van der Waals surface area contributed by atoms with Crippen molar-refractivity contribution in [1.82, 2.24) is 15.3 Å². The highest BCUT2D eigenvalue weighted by atomic mass is 35.5. The van der Waals surface area contributed by atoms with Crippen LogP contribution in [0.5, 0.6) is 5.75 Å². The molecule has 0 saturated heterocycles. The van der Waals surface area contributed by atoms with Crippen molar-refractivity contribution >= 4 is 11.6 Å². The van der Waals surface area contributed by atoms with E-state index in [1.54, 1.807) is 18.5 Å². The van der Waals surface area contributed by atoms with Crippen LogP contribution in [0.25, 0.3) is 0 Å². The van der Waals surface area contributed by atoms with Crippen molar-refractivity contribution in [3.8, 4) is 5.75 Å². The molecular weight excluding hydrogens is 288 g/mol. The zero-order valence-corrected chi connectivity index (χ0v) is 11.5. The molecule has 1 aromatic carbocycles. The quantitative estimate of drug-likeness (QED) is 0.858. The molecule has 2 N–H and O–H groups in total. The topological polar surface area (TPSA) is 49.9 Å². The highest BCUT2D eigenvalue weighted by molar-refractivity contribution is 6.30. The van der Waals surface area contributed by atoms with Gasteiger partial charge in [-0.3, -0.25) is 0 Å². The Hall–Kier alpha value is -1.66. The van der Waals surface area contributed by atoms with Gasteiger partial charge in [0.25, 0.3) is 0 Å². The lowest BCUT2D eigenvalue weighted by atomic mass is 10.2. The van der Waals surface area contributed by atoms with Crippen LogP contribution in [0.1, 0.15) is 24.4 Å². The Labute approximate surface area is 120 Å². The average Bonchev–Trinajstić information content (AvgIpc) is 2.92. The van der Waals surface area contributed by atoms with Gasteiger partial charge in [0.2, 0.25) is 0 Å². The van der Waals surface area contributed by atoms with Crippen LogP contribution >= 0.6 is 11.6 Å². The van der Waals surface area contributed by atoms with E-state index in [2.05, 4.69) is 20.0 Å². The molecule has 1 aromatic heterocycles. The Morgan fingerprint density at radius 2 is 2.25 bits per heavy atom. The van der Waals surface area contributed by atoms with E-state index in [1.165, 1.54) is 12.1 Å². The Bertz CT molecular complexity index is 549. The van der Waals surface area contributed by atoms with Gasteiger partial charge in [0.05, 0.1) is 6.04 Å². The number of hydrogen-bond donors (Lipinski definition) is 2. The van der Waals surface area contributed by atoms with Crippen molar-refractivity contribution in [3.05, 3.63) is 47.0 Å². The van der Waals surface area contributed by atoms with Gasteiger partial charge in [-0.2, -0.15) is 8.78 Å². The van der Waals surface area contributed by atoms with E-state index in [9.17, 15) is 8.78 Å². The van der Waals surface area contributed by atoms with E-state index in [0.717, 1.165) is 5.82 Å². The SMILES string of the molecule is CC(NCc1cc(Cl)ccc1OC(F)F)c1ncc[nH]1. The third-order valence-electron chi connectivity index (χ3n) is 2.77. The Morgan fingerprint density at radius 1 is 1.45 bits per heavy atom. The first-order valence-electron chi connectivity index (χ1n) is 6.02. The fourth-order valence-corrected chi connectivity index (χ4v) is 1.97. The number of ether oxygens (including phenoxy) is 1. The molecule has 2 rings (SSSR count). The van der Waals surface area contributed by atoms with Crippen LogP contribution in [0.2, 0.25) is 5.02 Å². The summed E-state index contributed by atoms with van der Waals surface area (Å²) in [6.07, 6.45) is 3.37. The lowest BCUT2D eigenvalue weighted by Crippen LogP contribution is -2.20. The first-order chi connectivity index (χ1) is 9.56. The normalized spacial score (nSPS) is 12.7. The summed E-state index contributed by atoms with van der Waals surface area (Å²) in [5.74, 6) is 0.881. The Balaban J connectivity index is 2.06.